The molecule has 6 nitrogen and oxygen atoms in total. The van der Waals surface area contributed by atoms with E-state index in [-0.39, 0.29) is 0 Å². The van der Waals surface area contributed by atoms with Crippen molar-refractivity contribution in [2.75, 3.05) is 0 Å². The van der Waals surface area contributed by atoms with Gasteiger partial charge in [-0.25, -0.2) is 0 Å². The molecule has 0 amide bonds. The van der Waals surface area contributed by atoms with Crippen LogP contribution in [0.1, 0.15) is 11.4 Å². The second kappa shape index (κ2) is 5.86. The van der Waals surface area contributed by atoms with Gasteiger partial charge in [0.2, 0.25) is 4.96 Å². The van der Waals surface area contributed by atoms with Crippen molar-refractivity contribution < 1.29 is 0 Å². The van der Waals surface area contributed by atoms with E-state index in [1.807, 2.05) is 6.07 Å². The topological polar surface area (TPSA) is 71.8 Å². The van der Waals surface area contributed by atoms with Crippen LogP contribution >= 0.6 is 50.5 Å². The van der Waals surface area contributed by atoms with Crippen molar-refractivity contribution in [2.45, 2.75) is 6.42 Å². The lowest BCUT2D eigenvalue weighted by molar-refractivity contribution is 0.852. The van der Waals surface area contributed by atoms with E-state index in [1.54, 1.807) is 22.8 Å². The van der Waals surface area contributed by atoms with E-state index < -0.39 is 0 Å². The first-order valence-corrected chi connectivity index (χ1v) is 8.83. The van der Waals surface area contributed by atoms with E-state index in [2.05, 4.69) is 41.4 Å². The molecule has 0 radical (unpaired) electrons. The van der Waals surface area contributed by atoms with Crippen LogP contribution in [0.3, 0.4) is 0 Å². The van der Waals surface area contributed by atoms with Crippen molar-refractivity contribution in [3.63, 3.8) is 0 Å². The van der Waals surface area contributed by atoms with Crippen molar-refractivity contribution in [2.24, 2.45) is 0 Å². The van der Waals surface area contributed by atoms with Crippen LogP contribution in [0.2, 0.25) is 10.0 Å². The third kappa shape index (κ3) is 2.65. The number of halogens is 3. The van der Waals surface area contributed by atoms with E-state index in [9.17, 15) is 0 Å². The number of nitrogens with one attached hydrogen (secondary N) is 1. The van der Waals surface area contributed by atoms with Crippen LogP contribution in [-0.2, 0) is 6.42 Å². The molecule has 0 saturated carbocycles. The lowest BCUT2D eigenvalue weighted by atomic mass is 10.1. The van der Waals surface area contributed by atoms with E-state index in [0.29, 0.717) is 27.3 Å². The summed E-state index contributed by atoms with van der Waals surface area (Å²) in [6.45, 7) is 0. The Kier molecular flexibility index (Phi) is 3.84. The average Bonchev–Trinajstić information content (AvgIpc) is 3.19. The molecule has 10 heteroatoms. The highest BCUT2D eigenvalue weighted by molar-refractivity contribution is 9.10. The molecular formula is C13H7BrCl2N6S. The Hall–Kier alpha value is -1.48. The SMILES string of the molecule is Clc1cccc(Cl)c1Cc1nnc2sc(-c3[nH]ncc3Br)nn12. The van der Waals surface area contributed by atoms with Gasteiger partial charge >= 0.3 is 0 Å². The lowest BCUT2D eigenvalue weighted by Gasteiger charge is -2.04. The Morgan fingerprint density at radius 1 is 1.22 bits per heavy atom. The maximum absolute atomic E-state index is 6.23. The summed E-state index contributed by atoms with van der Waals surface area (Å²) < 4.78 is 2.55. The Bertz CT molecular complexity index is 987. The fourth-order valence-corrected chi connectivity index (χ4v) is 4.06. The summed E-state index contributed by atoms with van der Waals surface area (Å²) in [4.78, 5) is 0.694. The Morgan fingerprint density at radius 3 is 2.70 bits per heavy atom. The molecule has 4 aromatic rings. The molecule has 0 aliphatic carbocycles. The summed E-state index contributed by atoms with van der Waals surface area (Å²) in [6, 6.07) is 5.41. The van der Waals surface area contributed by atoms with Crippen LogP contribution < -0.4 is 0 Å². The van der Waals surface area contributed by atoms with Crippen LogP contribution in [0, 0.1) is 0 Å². The smallest absolute Gasteiger partial charge is 0.235 e. The minimum Gasteiger partial charge on any atom is -0.274 e. The van der Waals surface area contributed by atoms with Crippen LogP contribution in [0.15, 0.2) is 28.9 Å². The van der Waals surface area contributed by atoms with E-state index in [1.165, 1.54) is 11.3 Å². The summed E-state index contributed by atoms with van der Waals surface area (Å²) >= 11 is 17.3. The van der Waals surface area contributed by atoms with Gasteiger partial charge < -0.3 is 0 Å². The maximum Gasteiger partial charge on any atom is 0.235 e. The Balaban J connectivity index is 1.77. The second-order valence-corrected chi connectivity index (χ2v) is 7.31. The molecule has 0 aliphatic heterocycles. The minimum atomic E-state index is 0.451. The van der Waals surface area contributed by atoms with Crippen LogP contribution in [0.25, 0.3) is 15.7 Å². The number of aromatic amines is 1. The zero-order chi connectivity index (χ0) is 16.0. The summed E-state index contributed by atoms with van der Waals surface area (Å²) in [5.74, 6) is 0.674. The third-order valence-electron chi connectivity index (χ3n) is 3.26. The minimum absolute atomic E-state index is 0.451. The lowest BCUT2D eigenvalue weighted by Crippen LogP contribution is -1.99. The zero-order valence-corrected chi connectivity index (χ0v) is 15.2. The first-order valence-electron chi connectivity index (χ1n) is 6.46. The molecule has 3 aromatic heterocycles. The Morgan fingerprint density at radius 2 is 2.00 bits per heavy atom. The largest absolute Gasteiger partial charge is 0.274 e. The summed E-state index contributed by atoms with van der Waals surface area (Å²) in [5, 5.41) is 21.8. The molecule has 116 valence electrons. The molecule has 1 aromatic carbocycles. The highest BCUT2D eigenvalue weighted by Gasteiger charge is 2.17. The third-order valence-corrected chi connectivity index (χ3v) is 5.48. The van der Waals surface area contributed by atoms with E-state index in [4.69, 9.17) is 23.2 Å². The molecule has 0 bridgehead atoms. The summed E-state index contributed by atoms with van der Waals surface area (Å²) in [6.07, 6.45) is 2.13. The Labute approximate surface area is 152 Å². The van der Waals surface area contributed by atoms with Gasteiger partial charge in [0.15, 0.2) is 10.8 Å². The molecule has 0 unspecified atom stereocenters. The number of H-pyrrole nitrogens is 1. The average molecular weight is 430 g/mol. The summed E-state index contributed by atoms with van der Waals surface area (Å²) in [5.41, 5.74) is 1.62. The van der Waals surface area contributed by atoms with Gasteiger partial charge in [-0.15, -0.1) is 10.2 Å². The number of hydrogen-bond acceptors (Lipinski definition) is 5. The molecule has 4 rings (SSSR count). The van der Waals surface area contributed by atoms with Gasteiger partial charge in [0, 0.05) is 16.5 Å². The number of hydrogen-bond donors (Lipinski definition) is 1. The highest BCUT2D eigenvalue weighted by Crippen LogP contribution is 2.31. The molecule has 0 spiro atoms. The normalized spacial score (nSPS) is 11.4. The molecule has 3 heterocycles. The number of fused-ring (bicyclic) bond motifs is 1. The van der Waals surface area contributed by atoms with Crippen molar-refractivity contribution in [3.05, 3.63) is 50.3 Å². The highest BCUT2D eigenvalue weighted by atomic mass is 79.9. The van der Waals surface area contributed by atoms with Crippen LogP contribution in [0.4, 0.5) is 0 Å². The van der Waals surface area contributed by atoms with E-state index in [0.717, 1.165) is 20.7 Å². The monoisotopic (exact) mass is 428 g/mol. The molecule has 0 aliphatic rings. The fraction of sp³-hybridized carbons (Fsp3) is 0.0769. The molecule has 23 heavy (non-hydrogen) atoms. The second-order valence-electron chi connectivity index (χ2n) is 4.69. The maximum atomic E-state index is 6.23. The van der Waals surface area contributed by atoms with Gasteiger partial charge in [0.1, 0.15) is 5.69 Å². The van der Waals surface area contributed by atoms with Gasteiger partial charge in [-0.3, -0.25) is 5.10 Å². The van der Waals surface area contributed by atoms with Gasteiger partial charge in [0.05, 0.1) is 10.7 Å². The first kappa shape index (κ1) is 15.1. The molecule has 0 saturated heterocycles. The van der Waals surface area contributed by atoms with Crippen molar-refractivity contribution in [1.82, 2.24) is 30.0 Å². The van der Waals surface area contributed by atoms with Crippen molar-refractivity contribution in [1.29, 1.82) is 0 Å². The number of rotatable bonds is 3. The van der Waals surface area contributed by atoms with Crippen LogP contribution in [-0.4, -0.2) is 30.0 Å². The van der Waals surface area contributed by atoms with Gasteiger partial charge in [-0.2, -0.15) is 14.7 Å². The van der Waals surface area contributed by atoms with E-state index >= 15 is 0 Å². The van der Waals surface area contributed by atoms with Gasteiger partial charge in [-0.05, 0) is 33.6 Å². The predicted octanol–water partition coefficient (Wildman–Crippen LogP) is 4.24. The summed E-state index contributed by atoms with van der Waals surface area (Å²) in [7, 11) is 0. The number of benzene rings is 1. The molecular weight excluding hydrogens is 423 g/mol. The standard InChI is InChI=1S/C13H7BrCl2N6S/c14-7-5-17-19-11(7)12-21-22-10(18-20-13(22)23-12)4-6-8(15)2-1-3-9(6)16/h1-3,5H,4H2,(H,17,19). The quantitative estimate of drug-likeness (QED) is 0.528. The molecule has 0 atom stereocenters. The van der Waals surface area contributed by atoms with Crippen LogP contribution in [0.5, 0.6) is 0 Å². The predicted molar refractivity (Wildman–Crippen MR) is 93.2 cm³/mol. The first-order chi connectivity index (χ1) is 11.1. The molecule has 1 N–H and O–H groups in total. The van der Waals surface area contributed by atoms with Gasteiger partial charge in [-0.1, -0.05) is 40.6 Å². The zero-order valence-electron chi connectivity index (χ0n) is 11.3. The fourth-order valence-electron chi connectivity index (χ4n) is 2.15. The molecule has 0 fully saturated rings. The van der Waals surface area contributed by atoms with Gasteiger partial charge in [0.25, 0.3) is 0 Å². The van der Waals surface area contributed by atoms with Crippen molar-refractivity contribution >= 4 is 55.4 Å². The van der Waals surface area contributed by atoms with Crippen molar-refractivity contribution in [3.8, 4) is 10.7 Å². The number of aromatic nitrogens is 6. The number of nitrogens with zero attached hydrogens (tertiary/aromatic N) is 5.